The van der Waals surface area contributed by atoms with E-state index in [0.717, 1.165) is 57.8 Å². The Morgan fingerprint density at radius 2 is 1.07 bits per heavy atom. The summed E-state index contributed by atoms with van der Waals surface area (Å²) in [6.07, 6.45) is 10.8. The van der Waals surface area contributed by atoms with E-state index in [0.29, 0.717) is 0 Å². The number of rotatable bonds is 6. The van der Waals surface area contributed by atoms with Gasteiger partial charge < -0.3 is 4.98 Å². The summed E-state index contributed by atoms with van der Waals surface area (Å²) in [5.41, 5.74) is 8.24. The standard InChI is InChI=1S/C18H20N2.C11H8N.C6H5.C5H5N.Ir/c1-5-13(3)15-7-9-19-17(11-15)18-12-16(8-10-20-18)14(4)6-2;1-2-6-10(7-3-1)11-8-4-5-9-12-11;2*1-2-4-6-5-3-1;/h7-12H,3-6H2,1-2H3;1-6,8-9H;2*1-5H;/q;2*-1;;. The van der Waals surface area contributed by atoms with Crippen molar-refractivity contribution < 1.29 is 20.1 Å². The molecule has 0 fully saturated rings. The first-order chi connectivity index (χ1) is 21.6. The number of hydrogen-bond acceptors (Lipinski definition) is 4. The molecule has 229 valence electrons. The van der Waals surface area contributed by atoms with Crippen LogP contribution in [0.25, 0.3) is 33.8 Å². The molecule has 5 heteroatoms. The number of pyridine rings is 4. The van der Waals surface area contributed by atoms with E-state index in [2.05, 4.69) is 59.1 Å². The van der Waals surface area contributed by atoms with Gasteiger partial charge in [0, 0.05) is 51.1 Å². The Morgan fingerprint density at radius 1 is 0.556 bits per heavy atom. The maximum Gasteiger partial charge on any atom is 0.0892 e. The van der Waals surface area contributed by atoms with Gasteiger partial charge in [0.25, 0.3) is 0 Å². The van der Waals surface area contributed by atoms with Crippen molar-refractivity contribution in [1.82, 2.24) is 19.9 Å². The Hall–Kier alpha value is -4.83. The number of benzene rings is 2. The first-order valence-electron chi connectivity index (χ1n) is 14.5. The average Bonchev–Trinajstić information content (AvgIpc) is 3.14. The zero-order valence-electron chi connectivity index (χ0n) is 25.8. The van der Waals surface area contributed by atoms with Gasteiger partial charge in [-0.25, -0.2) is 0 Å². The molecule has 0 aliphatic heterocycles. The van der Waals surface area contributed by atoms with E-state index in [1.807, 2.05) is 128 Å². The fourth-order valence-electron chi connectivity index (χ4n) is 3.72. The average molecular weight is 767 g/mol. The summed E-state index contributed by atoms with van der Waals surface area (Å²) in [7, 11) is 0. The normalized spacial score (nSPS) is 9.29. The van der Waals surface area contributed by atoms with Crippen molar-refractivity contribution in [3.8, 4) is 22.6 Å². The van der Waals surface area contributed by atoms with Crippen LogP contribution in [0.2, 0.25) is 0 Å². The fourth-order valence-corrected chi connectivity index (χ4v) is 3.72. The van der Waals surface area contributed by atoms with Crippen molar-refractivity contribution in [2.75, 3.05) is 0 Å². The van der Waals surface area contributed by atoms with E-state index in [1.165, 1.54) is 0 Å². The van der Waals surface area contributed by atoms with Crippen molar-refractivity contribution in [2.45, 2.75) is 26.7 Å². The number of hydrogen-bond donors (Lipinski definition) is 0. The van der Waals surface area contributed by atoms with Crippen LogP contribution in [0, 0.1) is 12.1 Å². The third-order valence-corrected chi connectivity index (χ3v) is 6.28. The molecule has 6 rings (SSSR count). The van der Waals surface area contributed by atoms with E-state index in [4.69, 9.17) is 0 Å². The van der Waals surface area contributed by atoms with Gasteiger partial charge in [0.1, 0.15) is 0 Å². The third-order valence-electron chi connectivity index (χ3n) is 6.28. The van der Waals surface area contributed by atoms with E-state index >= 15 is 0 Å². The SMILES string of the molecule is C=C(CC)c1ccnc(-c2cc(C(=C)CC)ccn2)c1.[Ir].[c-]1ccccc1.[c-]1ccccc1-c1ccccn1.c1ccncc1. The number of aromatic nitrogens is 4. The molecule has 0 unspecified atom stereocenters. The van der Waals surface area contributed by atoms with Gasteiger partial charge in [0.15, 0.2) is 0 Å². The molecule has 1 radical (unpaired) electrons. The van der Waals surface area contributed by atoms with Crippen LogP contribution in [0.5, 0.6) is 0 Å². The zero-order valence-corrected chi connectivity index (χ0v) is 28.2. The zero-order chi connectivity index (χ0) is 31.2. The summed E-state index contributed by atoms with van der Waals surface area (Å²) in [6.45, 7) is 12.4. The van der Waals surface area contributed by atoms with Crippen LogP contribution in [0.3, 0.4) is 0 Å². The van der Waals surface area contributed by atoms with Crippen LogP contribution in [-0.2, 0) is 20.1 Å². The van der Waals surface area contributed by atoms with Crippen LogP contribution in [0.1, 0.15) is 37.8 Å². The number of allylic oxidation sites excluding steroid dienone is 2. The summed E-state index contributed by atoms with van der Waals surface area (Å²) in [6, 6.07) is 43.1. The van der Waals surface area contributed by atoms with Crippen molar-refractivity contribution in [2.24, 2.45) is 0 Å². The largest absolute Gasteiger partial charge is 0.305 e. The van der Waals surface area contributed by atoms with Crippen molar-refractivity contribution in [3.05, 3.63) is 183 Å². The second kappa shape index (κ2) is 21.8. The molecule has 0 saturated carbocycles. The topological polar surface area (TPSA) is 51.6 Å². The van der Waals surface area contributed by atoms with Crippen LogP contribution in [0.4, 0.5) is 0 Å². The first-order valence-corrected chi connectivity index (χ1v) is 14.5. The molecule has 0 bridgehead atoms. The van der Waals surface area contributed by atoms with Gasteiger partial charge in [-0.2, -0.15) is 36.4 Å². The molecule has 0 amide bonds. The smallest absolute Gasteiger partial charge is 0.0892 e. The molecule has 6 aromatic rings. The molecule has 0 saturated heterocycles. The second-order valence-electron chi connectivity index (χ2n) is 9.37. The molecule has 0 aliphatic rings. The molecule has 0 N–H and O–H groups in total. The molecular formula is C40H38IrN4-2. The Bertz CT molecular complexity index is 1460. The van der Waals surface area contributed by atoms with Gasteiger partial charge in [0.05, 0.1) is 11.4 Å². The predicted molar refractivity (Wildman–Crippen MR) is 184 cm³/mol. The van der Waals surface area contributed by atoms with E-state index in [9.17, 15) is 0 Å². The van der Waals surface area contributed by atoms with Gasteiger partial charge in [-0.3, -0.25) is 15.0 Å². The first kappa shape index (κ1) is 36.4. The summed E-state index contributed by atoms with van der Waals surface area (Å²) < 4.78 is 0. The monoisotopic (exact) mass is 767 g/mol. The molecule has 4 nitrogen and oxygen atoms in total. The fraction of sp³-hybridized carbons (Fsp3) is 0.100. The molecule has 2 aromatic carbocycles. The van der Waals surface area contributed by atoms with Crippen LogP contribution in [0.15, 0.2) is 159 Å². The van der Waals surface area contributed by atoms with Crippen LogP contribution >= 0.6 is 0 Å². The summed E-state index contributed by atoms with van der Waals surface area (Å²) >= 11 is 0. The Balaban J connectivity index is 0.000000236. The van der Waals surface area contributed by atoms with Gasteiger partial charge in [-0.15, -0.1) is 35.9 Å². The second-order valence-corrected chi connectivity index (χ2v) is 9.37. The van der Waals surface area contributed by atoms with Crippen LogP contribution < -0.4 is 0 Å². The van der Waals surface area contributed by atoms with E-state index < -0.39 is 0 Å². The Kier molecular flexibility index (Phi) is 17.6. The molecular weight excluding hydrogens is 729 g/mol. The Labute approximate surface area is 282 Å². The van der Waals surface area contributed by atoms with Crippen molar-refractivity contribution in [3.63, 3.8) is 0 Å². The minimum atomic E-state index is 0. The number of nitrogens with zero attached hydrogens (tertiary/aromatic N) is 4. The molecule has 4 heterocycles. The molecule has 0 spiro atoms. The summed E-state index contributed by atoms with van der Waals surface area (Å²) in [4.78, 5) is 16.8. The molecule has 0 aliphatic carbocycles. The molecule has 45 heavy (non-hydrogen) atoms. The molecule has 4 aromatic heterocycles. The predicted octanol–water partition coefficient (Wildman–Crippen LogP) is 10.1. The van der Waals surface area contributed by atoms with Crippen molar-refractivity contribution >= 4 is 11.1 Å². The van der Waals surface area contributed by atoms with E-state index in [-0.39, 0.29) is 20.1 Å². The van der Waals surface area contributed by atoms with Gasteiger partial charge in [-0.05, 0) is 83.3 Å². The summed E-state index contributed by atoms with van der Waals surface area (Å²) in [5, 5.41) is 0. The summed E-state index contributed by atoms with van der Waals surface area (Å²) in [5.74, 6) is 0. The Morgan fingerprint density at radius 3 is 1.44 bits per heavy atom. The van der Waals surface area contributed by atoms with Gasteiger partial charge in [0.2, 0.25) is 0 Å². The van der Waals surface area contributed by atoms with Crippen LogP contribution in [-0.4, -0.2) is 19.9 Å². The quantitative estimate of drug-likeness (QED) is 0.159. The maximum atomic E-state index is 4.42. The van der Waals surface area contributed by atoms with Gasteiger partial charge >= 0.3 is 0 Å². The van der Waals surface area contributed by atoms with E-state index in [1.54, 1.807) is 18.6 Å². The third kappa shape index (κ3) is 13.6. The molecule has 0 atom stereocenters. The van der Waals surface area contributed by atoms with Gasteiger partial charge in [-0.1, -0.05) is 45.2 Å². The van der Waals surface area contributed by atoms with Crippen molar-refractivity contribution in [1.29, 1.82) is 0 Å². The maximum absolute atomic E-state index is 4.42. The minimum Gasteiger partial charge on any atom is -0.305 e. The minimum absolute atomic E-state index is 0.